The lowest BCUT2D eigenvalue weighted by Gasteiger charge is -1.90. The molecule has 4 nitrogen and oxygen atoms in total. The predicted octanol–water partition coefficient (Wildman–Crippen LogP) is -1.11. The fraction of sp³-hybridized carbons (Fsp3) is 0.833. The Morgan fingerprint density at radius 2 is 1.90 bits per heavy atom. The maximum Gasteiger partial charge on any atom is 0.157 e. The topological polar surface area (TPSA) is 83.5 Å². The van der Waals surface area contributed by atoms with E-state index in [1.807, 2.05) is 0 Å². The number of carbonyl (C=O) groups excluding carboxylic acids is 1. The molecule has 4 N–H and O–H groups in total. The molecule has 0 aliphatic rings. The largest absolute Gasteiger partial charge is 0.395 e. The molecule has 0 aromatic rings. The van der Waals surface area contributed by atoms with Crippen molar-refractivity contribution in [2.45, 2.75) is 20.0 Å². The van der Waals surface area contributed by atoms with Crippen LogP contribution in [-0.4, -0.2) is 35.3 Å². The second-order valence-electron chi connectivity index (χ2n) is 1.80. The van der Waals surface area contributed by atoms with E-state index >= 15 is 0 Å². The van der Waals surface area contributed by atoms with Crippen LogP contribution >= 0.6 is 0 Å². The van der Waals surface area contributed by atoms with E-state index in [2.05, 4.69) is 0 Å². The van der Waals surface area contributed by atoms with Crippen molar-refractivity contribution in [1.29, 1.82) is 0 Å². The molecule has 0 radical (unpaired) electrons. The number of carbonyl (C=O) groups is 1. The number of ketones is 1. The normalized spacial score (nSPS) is 11.3. The van der Waals surface area contributed by atoms with Crippen LogP contribution in [0.2, 0.25) is 0 Å². The van der Waals surface area contributed by atoms with Gasteiger partial charge in [-0.3, -0.25) is 4.79 Å². The summed E-state index contributed by atoms with van der Waals surface area (Å²) in [6, 6.07) is 0. The van der Waals surface area contributed by atoms with E-state index in [0.29, 0.717) is 6.54 Å². The predicted molar refractivity (Wildman–Crippen MR) is 38.5 cm³/mol. The Bertz CT molecular complexity index is 81.1. The van der Waals surface area contributed by atoms with Crippen LogP contribution in [0.3, 0.4) is 0 Å². The van der Waals surface area contributed by atoms with Gasteiger partial charge in [-0.25, -0.2) is 0 Å². The quantitative estimate of drug-likeness (QED) is 0.465. The van der Waals surface area contributed by atoms with E-state index in [9.17, 15) is 4.79 Å². The monoisotopic (exact) mass is 149 g/mol. The van der Waals surface area contributed by atoms with Crippen LogP contribution < -0.4 is 5.73 Å². The first kappa shape index (κ1) is 12.2. The Labute approximate surface area is 60.7 Å². The molecule has 0 rings (SSSR count). The number of hydrogen-bond acceptors (Lipinski definition) is 4. The summed E-state index contributed by atoms with van der Waals surface area (Å²) in [7, 11) is 0. The highest BCUT2D eigenvalue weighted by molar-refractivity contribution is 5.79. The molecule has 0 amide bonds. The maximum atomic E-state index is 9.89. The summed E-state index contributed by atoms with van der Waals surface area (Å²) in [6.07, 6.45) is -0.787. The van der Waals surface area contributed by atoms with Crippen molar-refractivity contribution in [3.8, 4) is 0 Å². The molecular weight excluding hydrogens is 134 g/mol. The van der Waals surface area contributed by atoms with Gasteiger partial charge in [0.2, 0.25) is 0 Å². The highest BCUT2D eigenvalue weighted by atomic mass is 16.3. The van der Waals surface area contributed by atoms with E-state index in [4.69, 9.17) is 15.9 Å². The van der Waals surface area contributed by atoms with Crippen molar-refractivity contribution in [1.82, 2.24) is 0 Å². The van der Waals surface area contributed by atoms with Gasteiger partial charge in [0.25, 0.3) is 0 Å². The van der Waals surface area contributed by atoms with Gasteiger partial charge in [-0.15, -0.1) is 0 Å². The molecule has 1 atom stereocenters. The molecule has 10 heavy (non-hydrogen) atoms. The second-order valence-corrected chi connectivity index (χ2v) is 1.80. The number of hydrogen-bond donors (Lipinski definition) is 3. The fourth-order valence-corrected chi connectivity index (χ4v) is 0. The second kappa shape index (κ2) is 8.55. The summed E-state index contributed by atoms with van der Waals surface area (Å²) in [5, 5.41) is 16.0. The number of aliphatic hydroxyl groups excluding tert-OH is 2. The molecule has 62 valence electrons. The van der Waals surface area contributed by atoms with E-state index in [-0.39, 0.29) is 12.4 Å². The van der Waals surface area contributed by atoms with Crippen molar-refractivity contribution in [3.05, 3.63) is 0 Å². The van der Waals surface area contributed by atoms with E-state index in [0.717, 1.165) is 0 Å². The highest BCUT2D eigenvalue weighted by Crippen LogP contribution is 1.76. The van der Waals surface area contributed by atoms with Crippen LogP contribution in [0.5, 0.6) is 0 Å². The van der Waals surface area contributed by atoms with Crippen molar-refractivity contribution in [2.24, 2.45) is 5.73 Å². The molecule has 4 heteroatoms. The lowest BCUT2D eigenvalue weighted by molar-refractivity contribution is -0.124. The standard InChI is InChI=1S/C4H8O2.C2H7NO/c1-3(5)4(2)6;3-1-2-4/h3,5H,1-2H3;4H,1-3H2. The minimum atomic E-state index is -0.787. The first-order valence-corrected chi connectivity index (χ1v) is 3.05. The number of nitrogens with two attached hydrogens (primary N) is 1. The average Bonchev–Trinajstić information content (AvgIpc) is 1.89. The average molecular weight is 149 g/mol. The molecule has 0 aromatic heterocycles. The zero-order chi connectivity index (χ0) is 8.57. The Hall–Kier alpha value is -0.450. The third-order valence-corrected chi connectivity index (χ3v) is 0.717. The van der Waals surface area contributed by atoms with Gasteiger partial charge in [0.15, 0.2) is 5.78 Å². The number of aliphatic hydroxyl groups is 2. The van der Waals surface area contributed by atoms with Gasteiger partial charge in [-0.2, -0.15) is 0 Å². The van der Waals surface area contributed by atoms with Gasteiger partial charge in [-0.05, 0) is 13.8 Å². The van der Waals surface area contributed by atoms with Crippen molar-refractivity contribution < 1.29 is 15.0 Å². The summed E-state index contributed by atoms with van der Waals surface area (Å²) in [6.45, 7) is 3.27. The molecular formula is C6H15NO3. The third kappa shape index (κ3) is 15.6. The maximum absolute atomic E-state index is 9.89. The molecule has 0 spiro atoms. The number of rotatable bonds is 2. The van der Waals surface area contributed by atoms with Gasteiger partial charge >= 0.3 is 0 Å². The molecule has 0 aliphatic heterocycles. The van der Waals surface area contributed by atoms with Crippen molar-refractivity contribution >= 4 is 5.78 Å². The molecule has 0 aromatic carbocycles. The smallest absolute Gasteiger partial charge is 0.157 e. The lowest BCUT2D eigenvalue weighted by atomic mass is 10.3. The van der Waals surface area contributed by atoms with Crippen LogP contribution in [0.15, 0.2) is 0 Å². The van der Waals surface area contributed by atoms with Crippen molar-refractivity contribution in [2.75, 3.05) is 13.2 Å². The molecule has 0 fully saturated rings. The number of Topliss-reactive ketones (excluding diaryl/α,β-unsaturated/α-hetero) is 1. The molecule has 0 saturated heterocycles. The molecule has 0 heterocycles. The third-order valence-electron chi connectivity index (χ3n) is 0.717. The summed E-state index contributed by atoms with van der Waals surface area (Å²) in [5.74, 6) is -0.185. The summed E-state index contributed by atoms with van der Waals surface area (Å²) >= 11 is 0. The van der Waals surface area contributed by atoms with E-state index in [1.165, 1.54) is 13.8 Å². The molecule has 0 aliphatic carbocycles. The van der Waals surface area contributed by atoms with Crippen LogP contribution in [-0.2, 0) is 4.79 Å². The zero-order valence-electron chi connectivity index (χ0n) is 6.37. The van der Waals surface area contributed by atoms with Gasteiger partial charge in [0, 0.05) is 6.54 Å². The molecule has 0 saturated carbocycles. The van der Waals surface area contributed by atoms with Gasteiger partial charge in [0.05, 0.1) is 6.61 Å². The Kier molecular flexibility index (Phi) is 10.5. The summed E-state index contributed by atoms with van der Waals surface area (Å²) < 4.78 is 0. The first-order valence-electron chi connectivity index (χ1n) is 3.05. The minimum absolute atomic E-state index is 0.0972. The lowest BCUT2D eigenvalue weighted by Crippen LogP contribution is -2.10. The fourth-order valence-electron chi connectivity index (χ4n) is 0. The zero-order valence-corrected chi connectivity index (χ0v) is 6.37. The molecule has 1 unspecified atom stereocenters. The van der Waals surface area contributed by atoms with Crippen molar-refractivity contribution in [3.63, 3.8) is 0 Å². The van der Waals surface area contributed by atoms with Crippen LogP contribution in [0, 0.1) is 0 Å². The van der Waals surface area contributed by atoms with E-state index < -0.39 is 6.10 Å². The van der Waals surface area contributed by atoms with E-state index in [1.54, 1.807) is 0 Å². The first-order chi connectivity index (χ1) is 4.56. The molecule has 0 bridgehead atoms. The Balaban J connectivity index is 0. The summed E-state index contributed by atoms with van der Waals surface area (Å²) in [5.41, 5.74) is 4.78. The van der Waals surface area contributed by atoms with Gasteiger partial charge < -0.3 is 15.9 Å². The SMILES string of the molecule is CC(=O)C(C)O.NCCO. The van der Waals surface area contributed by atoms with Crippen LogP contribution in [0.25, 0.3) is 0 Å². The Morgan fingerprint density at radius 3 is 1.90 bits per heavy atom. The van der Waals surface area contributed by atoms with Crippen LogP contribution in [0.1, 0.15) is 13.8 Å². The van der Waals surface area contributed by atoms with Gasteiger partial charge in [0.1, 0.15) is 6.10 Å². The Morgan fingerprint density at radius 1 is 1.70 bits per heavy atom. The van der Waals surface area contributed by atoms with Gasteiger partial charge in [-0.1, -0.05) is 0 Å². The summed E-state index contributed by atoms with van der Waals surface area (Å²) in [4.78, 5) is 9.89. The van der Waals surface area contributed by atoms with Crippen LogP contribution in [0.4, 0.5) is 0 Å². The minimum Gasteiger partial charge on any atom is -0.395 e. The highest BCUT2D eigenvalue weighted by Gasteiger charge is 1.97.